The fraction of sp³-hybridized carbons (Fsp3) is 0.701. The van der Waals surface area contributed by atoms with Crippen LogP contribution in [0.2, 0.25) is 0 Å². The lowest BCUT2D eigenvalue weighted by Crippen LogP contribution is -2.61. The lowest BCUT2D eigenvalue weighted by atomic mass is 9.98. The molecule has 6 unspecified atom stereocenters. The van der Waals surface area contributed by atoms with Gasteiger partial charge in [-0.1, -0.05) is 214 Å². The van der Waals surface area contributed by atoms with Crippen molar-refractivity contribution in [3.05, 3.63) is 97.2 Å². The number of hydrogen-bond donors (Lipinski definition) is 3. The molecule has 1 rings (SSSR count). The lowest BCUT2D eigenvalue weighted by molar-refractivity contribution is -0.301. The third-order valence-corrected chi connectivity index (χ3v) is 13.6. The fourth-order valence-corrected chi connectivity index (χ4v) is 8.82. The molecule has 6 atom stereocenters. The van der Waals surface area contributed by atoms with Crippen molar-refractivity contribution in [3.8, 4) is 0 Å². The molecule has 3 N–H and O–H groups in total. The molecular formula is C67H110O12. The molecule has 0 saturated carbocycles. The summed E-state index contributed by atoms with van der Waals surface area (Å²) in [6.07, 6.45) is 59.4. The molecule has 1 fully saturated rings. The van der Waals surface area contributed by atoms with Gasteiger partial charge in [-0.3, -0.25) is 14.4 Å². The maximum absolute atomic E-state index is 13.1. The Balaban J connectivity index is 2.66. The maximum atomic E-state index is 13.1. The minimum atomic E-state index is -1.92. The van der Waals surface area contributed by atoms with E-state index in [1.54, 1.807) is 0 Å². The topological polar surface area (TPSA) is 175 Å². The number of carbonyl (C=O) groups is 4. The molecule has 12 heteroatoms. The van der Waals surface area contributed by atoms with E-state index in [9.17, 15) is 34.5 Å². The third kappa shape index (κ3) is 44.0. The molecule has 0 spiro atoms. The van der Waals surface area contributed by atoms with Gasteiger partial charge in [0.15, 0.2) is 24.6 Å². The van der Waals surface area contributed by atoms with E-state index in [4.69, 9.17) is 23.7 Å². The van der Waals surface area contributed by atoms with Gasteiger partial charge in [0.05, 0.1) is 6.61 Å². The van der Waals surface area contributed by atoms with Gasteiger partial charge in [0.1, 0.15) is 18.8 Å². The predicted octanol–water partition coefficient (Wildman–Crippen LogP) is 16.5. The number of aliphatic hydroxyl groups excluding tert-OH is 2. The second-order valence-corrected chi connectivity index (χ2v) is 20.9. The van der Waals surface area contributed by atoms with Crippen molar-refractivity contribution >= 4 is 23.9 Å². The second-order valence-electron chi connectivity index (χ2n) is 20.9. The molecule has 0 aliphatic carbocycles. The summed E-state index contributed by atoms with van der Waals surface area (Å²) < 4.78 is 28.4. The summed E-state index contributed by atoms with van der Waals surface area (Å²) in [4.78, 5) is 51.2. The number of aliphatic carboxylic acids is 1. The van der Waals surface area contributed by atoms with E-state index in [0.29, 0.717) is 19.3 Å². The van der Waals surface area contributed by atoms with E-state index >= 15 is 0 Å². The van der Waals surface area contributed by atoms with Gasteiger partial charge in [-0.05, 0) is 116 Å². The van der Waals surface area contributed by atoms with Crippen molar-refractivity contribution in [2.24, 2.45) is 0 Å². The van der Waals surface area contributed by atoms with E-state index in [1.807, 2.05) is 0 Å². The molecule has 79 heavy (non-hydrogen) atoms. The van der Waals surface area contributed by atoms with Gasteiger partial charge in [-0.25, -0.2) is 4.79 Å². The smallest absolute Gasteiger partial charge is 0.335 e. The Morgan fingerprint density at radius 2 is 0.810 bits per heavy atom. The molecule has 1 saturated heterocycles. The monoisotopic (exact) mass is 1110 g/mol. The average molecular weight is 1110 g/mol. The minimum absolute atomic E-state index is 0.0399. The standard InChI is InChI=1S/C67H110O12/c1-4-7-10-13-16-19-22-24-26-28-30-32-34-36-39-41-44-47-50-53-59(68)75-56-58(77-60(69)54-51-48-45-42-38-21-18-15-12-9-6-3)57-76-67-65(63(72)62(71)64(79-67)66(73)74)78-61(70)55-52-49-46-43-40-37-35-33-31-29-27-25-23-20-17-14-11-8-5-2/h7,10,15-20,24-27,30-33,58,62-65,67,71-72H,4-6,8-9,11-14,21-23,28-29,34-57H2,1-3H3,(H,73,74)/b10-7-,18-15-,19-16-,20-17-,26-24-,27-25-,32-30-,33-31-. The number of ether oxygens (including phenoxy) is 5. The van der Waals surface area contributed by atoms with Gasteiger partial charge < -0.3 is 39.0 Å². The Morgan fingerprint density at radius 1 is 0.430 bits per heavy atom. The normalized spacial score (nSPS) is 18.5. The molecule has 1 heterocycles. The Hall–Kier alpha value is -4.36. The first kappa shape index (κ1) is 72.7. The van der Waals surface area contributed by atoms with Crippen LogP contribution in [0.5, 0.6) is 0 Å². The van der Waals surface area contributed by atoms with Gasteiger partial charge >= 0.3 is 23.9 Å². The highest BCUT2D eigenvalue weighted by molar-refractivity contribution is 5.74. The van der Waals surface area contributed by atoms with Crippen LogP contribution < -0.4 is 0 Å². The first-order valence-corrected chi connectivity index (χ1v) is 31.2. The summed E-state index contributed by atoms with van der Waals surface area (Å²) in [5.74, 6) is -3.17. The Bertz CT molecular complexity index is 1740. The zero-order chi connectivity index (χ0) is 57.5. The van der Waals surface area contributed by atoms with Crippen molar-refractivity contribution < 1.29 is 58.2 Å². The number of rotatable bonds is 52. The summed E-state index contributed by atoms with van der Waals surface area (Å²) in [6, 6.07) is 0. The zero-order valence-electron chi connectivity index (χ0n) is 49.6. The van der Waals surface area contributed by atoms with Crippen molar-refractivity contribution in [2.45, 2.75) is 289 Å². The van der Waals surface area contributed by atoms with E-state index in [-0.39, 0.29) is 25.9 Å². The summed E-state index contributed by atoms with van der Waals surface area (Å²) in [6.45, 7) is 5.79. The minimum Gasteiger partial charge on any atom is -0.479 e. The first-order valence-electron chi connectivity index (χ1n) is 31.2. The molecule has 0 aromatic carbocycles. The molecular weight excluding hydrogens is 997 g/mol. The summed E-state index contributed by atoms with van der Waals surface area (Å²) in [5.41, 5.74) is 0. The van der Waals surface area contributed by atoms with Crippen LogP contribution in [0.3, 0.4) is 0 Å². The summed E-state index contributed by atoms with van der Waals surface area (Å²) >= 11 is 0. The molecule has 0 aromatic rings. The van der Waals surface area contributed by atoms with Gasteiger partial charge in [0, 0.05) is 19.3 Å². The van der Waals surface area contributed by atoms with Gasteiger partial charge in [-0.2, -0.15) is 0 Å². The van der Waals surface area contributed by atoms with Crippen molar-refractivity contribution in [3.63, 3.8) is 0 Å². The van der Waals surface area contributed by atoms with Crippen molar-refractivity contribution in [1.29, 1.82) is 0 Å². The zero-order valence-corrected chi connectivity index (χ0v) is 49.6. The molecule has 1 aliphatic heterocycles. The molecule has 450 valence electrons. The highest BCUT2D eigenvalue weighted by atomic mass is 16.7. The van der Waals surface area contributed by atoms with Crippen LogP contribution in [-0.2, 0) is 42.9 Å². The lowest BCUT2D eigenvalue weighted by Gasteiger charge is -2.40. The van der Waals surface area contributed by atoms with Crippen LogP contribution in [0.15, 0.2) is 97.2 Å². The van der Waals surface area contributed by atoms with Crippen LogP contribution in [0.4, 0.5) is 0 Å². The largest absolute Gasteiger partial charge is 0.479 e. The maximum Gasteiger partial charge on any atom is 0.335 e. The molecule has 0 radical (unpaired) electrons. The van der Waals surface area contributed by atoms with Gasteiger partial charge in [0.25, 0.3) is 0 Å². The molecule has 0 aromatic heterocycles. The number of carbonyl (C=O) groups excluding carboxylic acids is 3. The SMILES string of the molecule is CC/C=C\C/C=C\C/C=C\C/C=C\CCCCCCCCC(=O)OCC(COC1OC(C(=O)O)C(O)C(O)C1OC(=O)CCCCCCCC/C=C\C/C=C\C/C=C\CCCCC)OC(=O)CCCCCCC/C=C\CCCC. The number of unbranched alkanes of at least 4 members (excludes halogenated alkanes) is 22. The average Bonchev–Trinajstić information content (AvgIpc) is 3.48. The van der Waals surface area contributed by atoms with Crippen LogP contribution >= 0.6 is 0 Å². The fourth-order valence-electron chi connectivity index (χ4n) is 8.82. The van der Waals surface area contributed by atoms with Crippen LogP contribution in [0.1, 0.15) is 252 Å². The third-order valence-electron chi connectivity index (χ3n) is 13.6. The van der Waals surface area contributed by atoms with Crippen LogP contribution in [0, 0.1) is 0 Å². The summed E-state index contributed by atoms with van der Waals surface area (Å²) in [7, 11) is 0. The van der Waals surface area contributed by atoms with Crippen LogP contribution in [0.25, 0.3) is 0 Å². The molecule has 1 aliphatic rings. The predicted molar refractivity (Wildman–Crippen MR) is 321 cm³/mol. The Morgan fingerprint density at radius 3 is 1.27 bits per heavy atom. The highest BCUT2D eigenvalue weighted by Crippen LogP contribution is 2.26. The van der Waals surface area contributed by atoms with E-state index in [1.165, 1.54) is 38.5 Å². The first-order chi connectivity index (χ1) is 38.6. The van der Waals surface area contributed by atoms with Gasteiger partial charge in [0.2, 0.25) is 0 Å². The number of hydrogen-bond acceptors (Lipinski definition) is 11. The number of carboxylic acid groups (broad SMARTS) is 1. The Kier molecular flexibility index (Phi) is 49.9. The number of aliphatic hydroxyl groups is 2. The van der Waals surface area contributed by atoms with Crippen molar-refractivity contribution in [2.75, 3.05) is 13.2 Å². The van der Waals surface area contributed by atoms with E-state index in [2.05, 4.69) is 118 Å². The van der Waals surface area contributed by atoms with E-state index < -0.39 is 67.3 Å². The molecule has 0 amide bonds. The molecule has 0 bridgehead atoms. The van der Waals surface area contributed by atoms with Crippen molar-refractivity contribution in [1.82, 2.24) is 0 Å². The number of carboxylic acids is 1. The number of esters is 3. The summed E-state index contributed by atoms with van der Waals surface area (Å²) in [5, 5.41) is 31.5. The van der Waals surface area contributed by atoms with E-state index in [0.717, 1.165) is 154 Å². The second kappa shape index (κ2) is 54.2. The Labute approximate surface area is 479 Å². The quantitative estimate of drug-likeness (QED) is 0.0228. The van der Waals surface area contributed by atoms with Crippen LogP contribution in [-0.4, -0.2) is 89.2 Å². The number of allylic oxidation sites excluding steroid dienone is 16. The van der Waals surface area contributed by atoms with Gasteiger partial charge in [-0.15, -0.1) is 0 Å². The molecule has 12 nitrogen and oxygen atoms in total. The highest BCUT2D eigenvalue weighted by Gasteiger charge is 2.50.